The Balaban J connectivity index is 1.65. The largest absolute Gasteiger partial charge is 0.323 e. The minimum atomic E-state index is -0.0382. The first-order chi connectivity index (χ1) is 10.6. The summed E-state index contributed by atoms with van der Waals surface area (Å²) in [6, 6.07) is 11.8. The third-order valence-corrected chi connectivity index (χ3v) is 4.94. The molecule has 112 valence electrons. The van der Waals surface area contributed by atoms with Gasteiger partial charge in [-0.2, -0.15) is 8.75 Å². The van der Waals surface area contributed by atoms with E-state index in [4.69, 9.17) is 0 Å². The molecule has 0 fully saturated rings. The zero-order valence-electron chi connectivity index (χ0n) is 12.3. The number of hydrogen-bond acceptors (Lipinski definition) is 5. The predicted molar refractivity (Wildman–Crippen MR) is 92.7 cm³/mol. The normalized spacial score (nSPS) is 10.8. The van der Waals surface area contributed by atoms with Crippen LogP contribution in [0.25, 0.3) is 11.0 Å². The molecule has 0 bridgehead atoms. The molecule has 4 nitrogen and oxygen atoms in total. The molecule has 0 aliphatic carbocycles. The van der Waals surface area contributed by atoms with Crippen molar-refractivity contribution in [2.24, 2.45) is 0 Å². The Labute approximate surface area is 137 Å². The van der Waals surface area contributed by atoms with Gasteiger partial charge in [-0.1, -0.05) is 12.1 Å². The number of aryl methyl sites for hydroxylation is 2. The summed E-state index contributed by atoms with van der Waals surface area (Å²) in [4.78, 5) is 13.2. The van der Waals surface area contributed by atoms with Crippen LogP contribution in [0.4, 0.5) is 5.69 Å². The molecule has 0 spiro atoms. The molecule has 0 aliphatic heterocycles. The molecule has 3 rings (SSSR count). The van der Waals surface area contributed by atoms with E-state index in [0.717, 1.165) is 33.3 Å². The Morgan fingerprint density at radius 3 is 2.86 bits per heavy atom. The number of amides is 1. The summed E-state index contributed by atoms with van der Waals surface area (Å²) in [5.74, 6) is 0.333. The molecule has 1 aromatic heterocycles. The lowest BCUT2D eigenvalue weighted by atomic mass is 10.1. The summed E-state index contributed by atoms with van der Waals surface area (Å²) >= 11 is 2.68. The number of carbonyl (C=O) groups is 1. The summed E-state index contributed by atoms with van der Waals surface area (Å²) in [7, 11) is 0. The van der Waals surface area contributed by atoms with Crippen molar-refractivity contribution in [3.8, 4) is 0 Å². The number of nitrogens with zero attached hydrogens (tertiary/aromatic N) is 2. The molecule has 0 unspecified atom stereocenters. The van der Waals surface area contributed by atoms with Crippen LogP contribution < -0.4 is 5.32 Å². The Morgan fingerprint density at radius 1 is 1.18 bits per heavy atom. The second-order valence-corrected chi connectivity index (χ2v) is 6.60. The number of anilines is 1. The minimum Gasteiger partial charge on any atom is -0.323 e. The maximum absolute atomic E-state index is 12.1. The van der Waals surface area contributed by atoms with E-state index in [1.807, 2.05) is 24.3 Å². The standard InChI is InChI=1S/C16H15N3OS2/c1-10-6-7-12(8-11(10)2)21-9-15(20)17-13-4-3-5-14-16(13)19-22-18-14/h3-8H,9H2,1-2H3,(H,17,20). The van der Waals surface area contributed by atoms with Crippen molar-refractivity contribution in [2.75, 3.05) is 11.1 Å². The average molecular weight is 329 g/mol. The van der Waals surface area contributed by atoms with Crippen LogP contribution in [0.3, 0.4) is 0 Å². The molecule has 22 heavy (non-hydrogen) atoms. The lowest BCUT2D eigenvalue weighted by molar-refractivity contribution is -0.113. The van der Waals surface area contributed by atoms with E-state index < -0.39 is 0 Å². The fourth-order valence-corrected chi connectivity index (χ4v) is 3.39. The van der Waals surface area contributed by atoms with Crippen LogP contribution in [0, 0.1) is 13.8 Å². The number of thioether (sulfide) groups is 1. The number of carbonyl (C=O) groups excluding carboxylic acids is 1. The maximum Gasteiger partial charge on any atom is 0.234 e. The molecule has 3 aromatic rings. The molecule has 0 atom stereocenters. The minimum absolute atomic E-state index is 0.0382. The van der Waals surface area contributed by atoms with Gasteiger partial charge in [0.1, 0.15) is 11.0 Å². The van der Waals surface area contributed by atoms with Crippen LogP contribution in [0.15, 0.2) is 41.3 Å². The molecular weight excluding hydrogens is 314 g/mol. The molecule has 1 N–H and O–H groups in total. The van der Waals surface area contributed by atoms with Crippen molar-refractivity contribution >= 4 is 46.1 Å². The van der Waals surface area contributed by atoms with Gasteiger partial charge in [0.15, 0.2) is 0 Å². The third kappa shape index (κ3) is 3.28. The van der Waals surface area contributed by atoms with Crippen molar-refractivity contribution in [1.82, 2.24) is 8.75 Å². The first-order valence-corrected chi connectivity index (χ1v) is 8.56. The van der Waals surface area contributed by atoms with E-state index >= 15 is 0 Å². The average Bonchev–Trinajstić information content (AvgIpc) is 2.98. The number of nitrogens with one attached hydrogen (secondary N) is 1. The highest BCUT2D eigenvalue weighted by Crippen LogP contribution is 2.23. The molecule has 0 saturated heterocycles. The van der Waals surface area contributed by atoms with Gasteiger partial charge in [0.25, 0.3) is 0 Å². The van der Waals surface area contributed by atoms with Crippen molar-refractivity contribution < 1.29 is 4.79 Å². The predicted octanol–water partition coefficient (Wildman–Crippen LogP) is 4.04. The zero-order valence-corrected chi connectivity index (χ0v) is 13.9. The maximum atomic E-state index is 12.1. The van der Waals surface area contributed by atoms with E-state index in [0.29, 0.717) is 5.75 Å². The first kappa shape index (κ1) is 15.0. The second kappa shape index (κ2) is 6.46. The molecule has 1 amide bonds. The molecule has 0 saturated carbocycles. The van der Waals surface area contributed by atoms with Gasteiger partial charge in [-0.05, 0) is 49.2 Å². The Hall–Kier alpha value is -1.92. The molecular formula is C16H15N3OS2. The molecule has 1 heterocycles. The van der Waals surface area contributed by atoms with E-state index in [2.05, 4.69) is 40.0 Å². The lowest BCUT2D eigenvalue weighted by Crippen LogP contribution is -2.14. The highest BCUT2D eigenvalue weighted by molar-refractivity contribution is 8.00. The van der Waals surface area contributed by atoms with Gasteiger partial charge in [0.2, 0.25) is 5.91 Å². The zero-order chi connectivity index (χ0) is 15.5. The van der Waals surface area contributed by atoms with Crippen molar-refractivity contribution in [2.45, 2.75) is 18.7 Å². The summed E-state index contributed by atoms with van der Waals surface area (Å²) in [6.45, 7) is 4.16. The van der Waals surface area contributed by atoms with Crippen LogP contribution in [0.5, 0.6) is 0 Å². The Morgan fingerprint density at radius 2 is 2.05 bits per heavy atom. The van der Waals surface area contributed by atoms with Gasteiger partial charge in [0, 0.05) is 4.90 Å². The van der Waals surface area contributed by atoms with Gasteiger partial charge in [-0.25, -0.2) is 0 Å². The number of hydrogen-bond donors (Lipinski definition) is 1. The summed E-state index contributed by atoms with van der Waals surface area (Å²) in [5, 5.41) is 2.91. The van der Waals surface area contributed by atoms with Crippen molar-refractivity contribution in [1.29, 1.82) is 0 Å². The topological polar surface area (TPSA) is 54.9 Å². The number of benzene rings is 2. The summed E-state index contributed by atoms with van der Waals surface area (Å²) < 4.78 is 8.39. The Bertz CT molecular complexity index is 829. The highest BCUT2D eigenvalue weighted by atomic mass is 32.2. The number of fused-ring (bicyclic) bond motifs is 1. The van der Waals surface area contributed by atoms with E-state index in [9.17, 15) is 4.79 Å². The fraction of sp³-hybridized carbons (Fsp3) is 0.188. The van der Waals surface area contributed by atoms with Crippen LogP contribution in [0.1, 0.15) is 11.1 Å². The number of rotatable bonds is 4. The lowest BCUT2D eigenvalue weighted by Gasteiger charge is -2.07. The Kier molecular flexibility index (Phi) is 4.40. The smallest absolute Gasteiger partial charge is 0.234 e. The monoisotopic (exact) mass is 329 g/mol. The van der Waals surface area contributed by atoms with Crippen LogP contribution in [-0.2, 0) is 4.79 Å². The molecule has 0 radical (unpaired) electrons. The first-order valence-electron chi connectivity index (χ1n) is 6.84. The summed E-state index contributed by atoms with van der Waals surface area (Å²) in [6.07, 6.45) is 0. The molecule has 6 heteroatoms. The van der Waals surface area contributed by atoms with Crippen molar-refractivity contribution in [3.63, 3.8) is 0 Å². The van der Waals surface area contributed by atoms with E-state index in [-0.39, 0.29) is 5.91 Å². The van der Waals surface area contributed by atoms with Crippen LogP contribution in [0.2, 0.25) is 0 Å². The van der Waals surface area contributed by atoms with Gasteiger partial charge in [0.05, 0.1) is 23.2 Å². The fourth-order valence-electron chi connectivity index (χ4n) is 2.05. The highest BCUT2D eigenvalue weighted by Gasteiger charge is 2.09. The van der Waals surface area contributed by atoms with Crippen molar-refractivity contribution in [3.05, 3.63) is 47.5 Å². The number of aromatic nitrogens is 2. The van der Waals surface area contributed by atoms with E-state index in [1.165, 1.54) is 22.9 Å². The second-order valence-electron chi connectivity index (χ2n) is 5.02. The van der Waals surface area contributed by atoms with Crippen LogP contribution in [-0.4, -0.2) is 20.4 Å². The molecule has 0 aliphatic rings. The summed E-state index contributed by atoms with van der Waals surface area (Å²) in [5.41, 5.74) is 4.78. The molecule has 2 aromatic carbocycles. The third-order valence-electron chi connectivity index (χ3n) is 3.41. The van der Waals surface area contributed by atoms with Gasteiger partial charge in [-0.3, -0.25) is 4.79 Å². The van der Waals surface area contributed by atoms with E-state index in [1.54, 1.807) is 0 Å². The van der Waals surface area contributed by atoms with Gasteiger partial charge >= 0.3 is 0 Å². The van der Waals surface area contributed by atoms with Gasteiger partial charge < -0.3 is 5.32 Å². The van der Waals surface area contributed by atoms with Crippen LogP contribution >= 0.6 is 23.5 Å². The van der Waals surface area contributed by atoms with Gasteiger partial charge in [-0.15, -0.1) is 11.8 Å². The quantitative estimate of drug-likeness (QED) is 0.734. The SMILES string of the molecule is Cc1ccc(SCC(=O)Nc2cccc3nsnc23)cc1C.